The van der Waals surface area contributed by atoms with Crippen LogP contribution in [0.5, 0.6) is 5.75 Å². The van der Waals surface area contributed by atoms with Crippen molar-refractivity contribution >= 4 is 5.97 Å². The molecule has 8 heteroatoms. The van der Waals surface area contributed by atoms with Crippen LogP contribution in [0.4, 0.5) is 17.6 Å². The number of halogens is 4. The molecule has 1 aliphatic heterocycles. The Morgan fingerprint density at radius 3 is 2.33 bits per heavy atom. The molecule has 0 atom stereocenters. The summed E-state index contributed by atoms with van der Waals surface area (Å²) in [6.07, 6.45) is -4.84. The second kappa shape index (κ2) is 7.19. The minimum absolute atomic E-state index is 0.0668. The first-order valence-corrected chi connectivity index (χ1v) is 8.09. The van der Waals surface area contributed by atoms with E-state index in [1.807, 2.05) is 0 Å². The minimum atomic E-state index is -4.77. The van der Waals surface area contributed by atoms with Crippen LogP contribution in [0.25, 0.3) is 0 Å². The lowest BCUT2D eigenvalue weighted by Gasteiger charge is -2.40. The van der Waals surface area contributed by atoms with Gasteiger partial charge >= 0.3 is 12.1 Å². The van der Waals surface area contributed by atoms with Crippen molar-refractivity contribution in [3.05, 3.63) is 65.0 Å². The lowest BCUT2D eigenvalue weighted by molar-refractivity contribution is -0.145. The first-order valence-electron chi connectivity index (χ1n) is 8.09. The number of ether oxygens (including phenoxy) is 2. The highest BCUT2D eigenvalue weighted by Gasteiger charge is 2.42. The lowest BCUT2D eigenvalue weighted by Crippen LogP contribution is -2.48. The topological polar surface area (TPSA) is 55.8 Å². The van der Waals surface area contributed by atoms with Gasteiger partial charge in [0, 0.05) is 5.56 Å². The smallest absolute Gasteiger partial charge is 0.419 e. The third-order valence-electron chi connectivity index (χ3n) is 4.49. The summed E-state index contributed by atoms with van der Waals surface area (Å²) in [6.45, 7) is 0.238. The SMILES string of the molecule is O=C(O)CC1(c2ccc(OCc3cccc(C(F)(F)F)c3F)cc2)COC1. The molecule has 2 aromatic rings. The van der Waals surface area contributed by atoms with Crippen molar-refractivity contribution in [2.24, 2.45) is 0 Å². The van der Waals surface area contributed by atoms with Crippen LogP contribution in [-0.2, 0) is 27.7 Å². The van der Waals surface area contributed by atoms with Gasteiger partial charge in [-0.2, -0.15) is 13.2 Å². The fourth-order valence-corrected chi connectivity index (χ4v) is 2.98. The Balaban J connectivity index is 1.70. The number of carboxylic acid groups (broad SMARTS) is 1. The van der Waals surface area contributed by atoms with E-state index in [2.05, 4.69) is 0 Å². The Bertz CT molecular complexity index is 827. The molecule has 3 rings (SSSR count). The first kappa shape index (κ1) is 19.2. The number of benzene rings is 2. The van der Waals surface area contributed by atoms with Crippen molar-refractivity contribution in [3.63, 3.8) is 0 Å². The van der Waals surface area contributed by atoms with Gasteiger partial charge in [-0.1, -0.05) is 24.3 Å². The third kappa shape index (κ3) is 4.05. The number of aliphatic carboxylic acids is 1. The van der Waals surface area contributed by atoms with Crippen LogP contribution in [0.15, 0.2) is 42.5 Å². The van der Waals surface area contributed by atoms with Crippen LogP contribution in [-0.4, -0.2) is 24.3 Å². The molecule has 1 N–H and O–H groups in total. The van der Waals surface area contributed by atoms with Crippen molar-refractivity contribution in [2.45, 2.75) is 24.6 Å². The molecule has 0 saturated carbocycles. The highest BCUT2D eigenvalue weighted by Crippen LogP contribution is 2.37. The summed E-state index contributed by atoms with van der Waals surface area (Å²) in [7, 11) is 0. The Morgan fingerprint density at radius 2 is 1.81 bits per heavy atom. The molecule has 1 fully saturated rings. The molecule has 2 aromatic carbocycles. The van der Waals surface area contributed by atoms with Crippen molar-refractivity contribution in [1.82, 2.24) is 0 Å². The molecule has 0 radical (unpaired) electrons. The number of alkyl halides is 3. The lowest BCUT2D eigenvalue weighted by atomic mass is 9.76. The Morgan fingerprint density at radius 1 is 1.15 bits per heavy atom. The number of hydrogen-bond acceptors (Lipinski definition) is 3. The third-order valence-corrected chi connectivity index (χ3v) is 4.49. The van der Waals surface area contributed by atoms with Crippen LogP contribution in [0.2, 0.25) is 0 Å². The molecular formula is C19H16F4O4. The van der Waals surface area contributed by atoms with Gasteiger partial charge in [-0.05, 0) is 23.8 Å². The average molecular weight is 384 g/mol. The summed E-state index contributed by atoms with van der Waals surface area (Å²) in [6, 6.07) is 9.54. The van der Waals surface area contributed by atoms with Crippen molar-refractivity contribution in [3.8, 4) is 5.75 Å². The van der Waals surface area contributed by atoms with E-state index in [4.69, 9.17) is 14.6 Å². The van der Waals surface area contributed by atoms with E-state index in [1.165, 1.54) is 6.07 Å². The van der Waals surface area contributed by atoms with Gasteiger partial charge in [0.15, 0.2) is 0 Å². The molecule has 27 heavy (non-hydrogen) atoms. The summed E-state index contributed by atoms with van der Waals surface area (Å²) in [5.74, 6) is -1.95. The van der Waals surface area contributed by atoms with Crippen LogP contribution < -0.4 is 4.74 Å². The van der Waals surface area contributed by atoms with Crippen LogP contribution in [0.3, 0.4) is 0 Å². The summed E-state index contributed by atoms with van der Waals surface area (Å²) in [5, 5.41) is 9.05. The minimum Gasteiger partial charge on any atom is -0.489 e. The molecule has 0 aromatic heterocycles. The van der Waals surface area contributed by atoms with Gasteiger partial charge < -0.3 is 14.6 Å². The van der Waals surface area contributed by atoms with Crippen LogP contribution >= 0.6 is 0 Å². The van der Waals surface area contributed by atoms with E-state index in [9.17, 15) is 22.4 Å². The molecule has 1 aliphatic rings. The number of rotatable bonds is 6. The summed E-state index contributed by atoms with van der Waals surface area (Å²) >= 11 is 0. The Kier molecular flexibility index (Phi) is 5.10. The molecule has 0 spiro atoms. The Labute approximate surface area is 152 Å². The van der Waals surface area contributed by atoms with Gasteiger partial charge in [0.05, 0.1) is 30.6 Å². The predicted molar refractivity (Wildman–Crippen MR) is 86.9 cm³/mol. The van der Waals surface area contributed by atoms with Crippen molar-refractivity contribution < 1.29 is 36.9 Å². The molecular weight excluding hydrogens is 368 g/mol. The summed E-state index contributed by atoms with van der Waals surface area (Å²) in [4.78, 5) is 11.0. The summed E-state index contributed by atoms with van der Waals surface area (Å²) in [5.41, 5.74) is -1.35. The van der Waals surface area contributed by atoms with Gasteiger partial charge in [0.25, 0.3) is 0 Å². The van der Waals surface area contributed by atoms with E-state index >= 15 is 0 Å². The van der Waals surface area contributed by atoms with Gasteiger partial charge in [0.2, 0.25) is 0 Å². The van der Waals surface area contributed by atoms with Crippen molar-refractivity contribution in [1.29, 1.82) is 0 Å². The number of carbonyl (C=O) groups is 1. The fraction of sp³-hybridized carbons (Fsp3) is 0.316. The van der Waals surface area contributed by atoms with E-state index in [1.54, 1.807) is 24.3 Å². The van der Waals surface area contributed by atoms with Gasteiger partial charge in [0.1, 0.15) is 18.2 Å². The molecule has 0 aliphatic carbocycles. The van der Waals surface area contributed by atoms with E-state index < -0.39 is 28.9 Å². The van der Waals surface area contributed by atoms with Gasteiger partial charge in [-0.25, -0.2) is 4.39 Å². The van der Waals surface area contributed by atoms with E-state index in [0.29, 0.717) is 25.0 Å². The maximum atomic E-state index is 14.0. The highest BCUT2D eigenvalue weighted by molar-refractivity contribution is 5.69. The van der Waals surface area contributed by atoms with Gasteiger partial charge in [-0.3, -0.25) is 4.79 Å². The quantitative estimate of drug-likeness (QED) is 0.760. The zero-order valence-corrected chi connectivity index (χ0v) is 14.1. The standard InChI is InChI=1S/C19H16F4O4/c20-17-12(2-1-3-15(17)19(21,22)23)9-27-14-6-4-13(5-7-14)18(8-16(24)25)10-26-11-18/h1-7H,8-11H2,(H,24,25). The van der Waals surface area contributed by atoms with Crippen LogP contribution in [0.1, 0.15) is 23.1 Å². The monoisotopic (exact) mass is 384 g/mol. The zero-order valence-electron chi connectivity index (χ0n) is 14.1. The molecule has 1 heterocycles. The van der Waals surface area contributed by atoms with Gasteiger partial charge in [-0.15, -0.1) is 0 Å². The maximum absolute atomic E-state index is 14.0. The van der Waals surface area contributed by atoms with Crippen molar-refractivity contribution in [2.75, 3.05) is 13.2 Å². The number of carboxylic acids is 1. The molecule has 4 nitrogen and oxygen atoms in total. The average Bonchev–Trinajstić information content (AvgIpc) is 2.56. The molecule has 0 bridgehead atoms. The molecule has 0 unspecified atom stereocenters. The second-order valence-electron chi connectivity index (χ2n) is 6.43. The largest absolute Gasteiger partial charge is 0.489 e. The highest BCUT2D eigenvalue weighted by atomic mass is 19.4. The van der Waals surface area contributed by atoms with Crippen LogP contribution in [0, 0.1) is 5.82 Å². The Hall–Kier alpha value is -2.61. The fourth-order valence-electron chi connectivity index (χ4n) is 2.98. The normalized spacial score (nSPS) is 15.9. The zero-order chi connectivity index (χ0) is 19.7. The second-order valence-corrected chi connectivity index (χ2v) is 6.43. The summed E-state index contributed by atoms with van der Waals surface area (Å²) < 4.78 is 62.8. The van der Waals surface area contributed by atoms with E-state index in [0.717, 1.165) is 11.6 Å². The maximum Gasteiger partial charge on any atom is 0.419 e. The predicted octanol–water partition coefficient (Wildman–Crippen LogP) is 4.17. The molecule has 0 amide bonds. The molecule has 144 valence electrons. The number of hydrogen-bond donors (Lipinski definition) is 1. The van der Waals surface area contributed by atoms with E-state index in [-0.39, 0.29) is 18.6 Å². The molecule has 1 saturated heterocycles. The first-order chi connectivity index (χ1) is 12.7.